The molecule has 4 heterocycles. The van der Waals surface area contributed by atoms with Crippen molar-refractivity contribution in [2.24, 2.45) is 0 Å². The third-order valence-electron chi connectivity index (χ3n) is 3.78. The molecule has 0 radical (unpaired) electrons. The minimum Gasteiger partial charge on any atom is -0.341 e. The first kappa shape index (κ1) is 13.9. The Morgan fingerprint density at radius 1 is 1.27 bits per heavy atom. The minimum absolute atomic E-state index is 0.288. The fourth-order valence-corrected chi connectivity index (χ4v) is 3.12. The number of hydrogen-bond donors (Lipinski definition) is 0. The van der Waals surface area contributed by atoms with Crippen LogP contribution in [0, 0.1) is 12.3 Å². The Labute approximate surface area is 131 Å². The van der Waals surface area contributed by atoms with Crippen LogP contribution in [-0.4, -0.2) is 43.6 Å². The van der Waals surface area contributed by atoms with Crippen molar-refractivity contribution in [3.8, 4) is 12.3 Å². The van der Waals surface area contributed by atoms with Crippen molar-refractivity contribution in [3.05, 3.63) is 17.8 Å². The third-order valence-corrected chi connectivity index (χ3v) is 4.06. The van der Waals surface area contributed by atoms with E-state index in [9.17, 15) is 0 Å². The molecule has 0 aromatic carbocycles. The first-order valence-corrected chi connectivity index (χ1v) is 7.18. The van der Waals surface area contributed by atoms with Crippen LogP contribution in [0.4, 0.5) is 0 Å². The van der Waals surface area contributed by atoms with Crippen molar-refractivity contribution in [3.63, 3.8) is 0 Å². The summed E-state index contributed by atoms with van der Waals surface area (Å²) in [5.74, 6) is 1.89. The zero-order chi connectivity index (χ0) is 15.5. The largest absolute Gasteiger partial charge is 0.341 e. The molecule has 0 N–H and O–H groups in total. The highest BCUT2D eigenvalue weighted by molar-refractivity contribution is 6.33. The smallest absolute Gasteiger partial charge is 0.167 e. The van der Waals surface area contributed by atoms with Gasteiger partial charge in [0.15, 0.2) is 22.8 Å². The summed E-state index contributed by atoms with van der Waals surface area (Å²) in [5, 5.41) is 0.288. The van der Waals surface area contributed by atoms with Gasteiger partial charge >= 0.3 is 0 Å². The summed E-state index contributed by atoms with van der Waals surface area (Å²) in [6.07, 6.45) is 6.87. The normalized spacial score (nSPS) is 33.0. The molecule has 2 aliphatic heterocycles. The second-order valence-electron chi connectivity index (χ2n) is 5.67. The van der Waals surface area contributed by atoms with Crippen LogP contribution in [0.15, 0.2) is 12.7 Å². The summed E-state index contributed by atoms with van der Waals surface area (Å²) < 4.78 is 19.5. The Kier molecular flexibility index (Phi) is 2.93. The van der Waals surface area contributed by atoms with Gasteiger partial charge in [-0.2, -0.15) is 0 Å². The van der Waals surface area contributed by atoms with E-state index in [0.29, 0.717) is 11.2 Å². The molecule has 0 bridgehead atoms. The van der Waals surface area contributed by atoms with E-state index in [4.69, 9.17) is 32.2 Å². The maximum atomic E-state index is 6.03. The number of imidazole rings is 1. The Morgan fingerprint density at radius 2 is 2.05 bits per heavy atom. The molecule has 4 atom stereocenters. The molecular formula is C14H13ClN4O3. The molecule has 0 spiro atoms. The number of ether oxygens (including phenoxy) is 3. The number of fused-ring (bicyclic) bond motifs is 2. The van der Waals surface area contributed by atoms with Crippen molar-refractivity contribution in [1.29, 1.82) is 0 Å². The van der Waals surface area contributed by atoms with Crippen LogP contribution in [0.2, 0.25) is 5.15 Å². The van der Waals surface area contributed by atoms with E-state index >= 15 is 0 Å². The Balaban J connectivity index is 1.79. The van der Waals surface area contributed by atoms with Crippen molar-refractivity contribution >= 4 is 22.8 Å². The van der Waals surface area contributed by atoms with Crippen LogP contribution in [0.25, 0.3) is 11.2 Å². The van der Waals surface area contributed by atoms with Gasteiger partial charge in [0.1, 0.15) is 30.2 Å². The number of nitrogens with zero attached hydrogens (tertiary/aromatic N) is 4. The third kappa shape index (κ3) is 1.92. The van der Waals surface area contributed by atoms with Crippen LogP contribution in [0.3, 0.4) is 0 Å². The highest BCUT2D eigenvalue weighted by Crippen LogP contribution is 2.43. The highest BCUT2D eigenvalue weighted by Gasteiger charge is 2.55. The molecule has 0 amide bonds. The van der Waals surface area contributed by atoms with Crippen LogP contribution in [0.1, 0.15) is 20.1 Å². The summed E-state index contributed by atoms with van der Waals surface area (Å²) in [6.45, 7) is 3.70. The molecular weight excluding hydrogens is 308 g/mol. The van der Waals surface area contributed by atoms with Gasteiger partial charge in [0.2, 0.25) is 0 Å². The number of halogens is 1. The lowest BCUT2D eigenvalue weighted by molar-refractivity contribution is -0.190. The van der Waals surface area contributed by atoms with E-state index < -0.39 is 18.1 Å². The molecule has 7 nitrogen and oxygen atoms in total. The summed E-state index contributed by atoms with van der Waals surface area (Å²) >= 11 is 6.03. The van der Waals surface area contributed by atoms with Crippen LogP contribution in [-0.2, 0) is 14.2 Å². The molecule has 114 valence electrons. The van der Waals surface area contributed by atoms with E-state index in [1.807, 2.05) is 13.8 Å². The molecule has 2 saturated heterocycles. The first-order valence-electron chi connectivity index (χ1n) is 6.80. The van der Waals surface area contributed by atoms with Gasteiger partial charge in [0, 0.05) is 0 Å². The average Bonchev–Trinajstić information content (AvgIpc) is 3.10. The fraction of sp³-hybridized carbons (Fsp3) is 0.500. The standard InChI is InChI=1S/C14H13ClN4O3/c1-4-7-9-10(22-14(2,3)21-9)13(20-7)19-6-18-8-11(15)16-5-17-12(8)19/h1,5-7,9-10,13H,2-3H3/t7-,9-,10-,13-/m1/s1. The van der Waals surface area contributed by atoms with Crippen molar-refractivity contribution < 1.29 is 14.2 Å². The first-order chi connectivity index (χ1) is 10.5. The molecule has 2 fully saturated rings. The van der Waals surface area contributed by atoms with Gasteiger partial charge in [-0.05, 0) is 13.8 Å². The van der Waals surface area contributed by atoms with Crippen molar-refractivity contribution in [1.82, 2.24) is 19.5 Å². The Hall–Kier alpha value is -1.72. The van der Waals surface area contributed by atoms with Gasteiger partial charge in [-0.15, -0.1) is 6.42 Å². The van der Waals surface area contributed by atoms with E-state index in [2.05, 4.69) is 20.9 Å². The van der Waals surface area contributed by atoms with Gasteiger partial charge in [0.05, 0.1) is 6.33 Å². The second kappa shape index (κ2) is 4.64. The number of terminal acetylenes is 1. The van der Waals surface area contributed by atoms with Crippen LogP contribution in [0.5, 0.6) is 0 Å². The zero-order valence-corrected chi connectivity index (χ0v) is 12.7. The van der Waals surface area contributed by atoms with E-state index in [1.165, 1.54) is 6.33 Å². The average molecular weight is 321 g/mol. The lowest BCUT2D eigenvalue weighted by Crippen LogP contribution is -2.28. The maximum Gasteiger partial charge on any atom is 0.167 e. The number of rotatable bonds is 1. The van der Waals surface area contributed by atoms with Crippen molar-refractivity contribution in [2.75, 3.05) is 0 Å². The molecule has 0 saturated carbocycles. The SMILES string of the molecule is C#C[C@H]1O[C@@H](n2cnc3c(Cl)ncnc32)[C@@H]2OC(C)(C)O[C@@H]21. The van der Waals surface area contributed by atoms with Crippen LogP contribution < -0.4 is 0 Å². The lowest BCUT2D eigenvalue weighted by atomic mass is 10.1. The zero-order valence-electron chi connectivity index (χ0n) is 11.9. The van der Waals surface area contributed by atoms with Gasteiger partial charge in [-0.25, -0.2) is 15.0 Å². The summed E-state index contributed by atoms with van der Waals surface area (Å²) in [5.41, 5.74) is 1.07. The molecule has 2 aliphatic rings. The Bertz CT molecular complexity index is 784. The molecule has 4 rings (SSSR count). The monoisotopic (exact) mass is 320 g/mol. The molecule has 22 heavy (non-hydrogen) atoms. The predicted octanol–water partition coefficient (Wildman–Crippen LogP) is 1.53. The van der Waals surface area contributed by atoms with Crippen molar-refractivity contribution in [2.45, 2.75) is 44.2 Å². The van der Waals surface area contributed by atoms with E-state index in [-0.39, 0.29) is 17.4 Å². The summed E-state index contributed by atoms with van der Waals surface area (Å²) in [4.78, 5) is 12.4. The topological polar surface area (TPSA) is 71.3 Å². The minimum atomic E-state index is -0.713. The summed E-state index contributed by atoms with van der Waals surface area (Å²) in [7, 11) is 0. The highest BCUT2D eigenvalue weighted by atomic mass is 35.5. The Morgan fingerprint density at radius 3 is 2.82 bits per heavy atom. The molecule has 0 aliphatic carbocycles. The molecule has 2 aromatic rings. The molecule has 0 unspecified atom stereocenters. The number of aromatic nitrogens is 4. The lowest BCUT2D eigenvalue weighted by Gasteiger charge is -2.23. The number of hydrogen-bond acceptors (Lipinski definition) is 6. The van der Waals surface area contributed by atoms with Gasteiger partial charge in [0.25, 0.3) is 0 Å². The maximum absolute atomic E-state index is 6.03. The molecule has 8 heteroatoms. The molecule has 2 aromatic heterocycles. The van der Waals surface area contributed by atoms with E-state index in [0.717, 1.165) is 0 Å². The van der Waals surface area contributed by atoms with E-state index in [1.54, 1.807) is 10.9 Å². The predicted molar refractivity (Wildman–Crippen MR) is 76.9 cm³/mol. The van der Waals surface area contributed by atoms with Gasteiger partial charge < -0.3 is 14.2 Å². The fourth-order valence-electron chi connectivity index (χ4n) is 2.94. The summed E-state index contributed by atoms with van der Waals surface area (Å²) in [6, 6.07) is 0. The van der Waals surface area contributed by atoms with Gasteiger partial charge in [-0.1, -0.05) is 17.5 Å². The van der Waals surface area contributed by atoms with Crippen LogP contribution >= 0.6 is 11.6 Å². The van der Waals surface area contributed by atoms with Gasteiger partial charge in [-0.3, -0.25) is 4.57 Å². The quantitative estimate of drug-likeness (QED) is 0.586. The second-order valence-corrected chi connectivity index (χ2v) is 6.03.